The van der Waals surface area contributed by atoms with Crippen LogP contribution in [-0.2, 0) is 23.8 Å². The molecule has 0 aromatic carbocycles. The van der Waals surface area contributed by atoms with Crippen LogP contribution in [0.25, 0.3) is 0 Å². The maximum absolute atomic E-state index is 13.4. The van der Waals surface area contributed by atoms with Gasteiger partial charge >= 0.3 is 12.2 Å². The maximum atomic E-state index is 13.4. The molecule has 1 aliphatic carbocycles. The summed E-state index contributed by atoms with van der Waals surface area (Å²) in [6, 6.07) is 0. The number of carbonyl (C=O) groups excluding carboxylic acids is 4. The smallest absolute Gasteiger partial charge is 0.393 e. The van der Waals surface area contributed by atoms with Crippen molar-refractivity contribution in [1.29, 1.82) is 0 Å². The molecule has 0 spiro atoms. The normalized spacial score (nSPS) is 30.3. The number of imide groups is 1. The summed E-state index contributed by atoms with van der Waals surface area (Å²) in [6.45, 7) is 8.75. The highest BCUT2D eigenvalue weighted by Crippen LogP contribution is 2.56. The quantitative estimate of drug-likeness (QED) is 0.388. The standard InChI is InChI=1S/C25H34N4O7/c1-7-14-15-10-11-16-17(20(31)27(5)19(16)30)18(15)25(4)22(26-12-13-34-6)36-24(33)29(25)21(14)35-23(32)28(8-2)9-3/h10,16-18H,7-9,11-13H2,1-6H3/t16-,17-,18+,25+/m1/s1. The van der Waals surface area contributed by atoms with Crippen molar-refractivity contribution in [2.24, 2.45) is 22.7 Å². The van der Waals surface area contributed by atoms with Crippen LogP contribution in [0, 0.1) is 17.8 Å². The monoisotopic (exact) mass is 502 g/mol. The van der Waals surface area contributed by atoms with Crippen LogP contribution in [0.3, 0.4) is 0 Å². The number of fused-ring (bicyclic) bond motifs is 5. The molecule has 11 heteroatoms. The summed E-state index contributed by atoms with van der Waals surface area (Å²) >= 11 is 0. The number of amides is 4. The molecule has 0 N–H and O–H groups in total. The highest BCUT2D eigenvalue weighted by molar-refractivity contribution is 6.08. The second kappa shape index (κ2) is 9.68. The van der Waals surface area contributed by atoms with E-state index in [2.05, 4.69) is 4.99 Å². The number of ether oxygens (including phenoxy) is 3. The summed E-state index contributed by atoms with van der Waals surface area (Å²) in [5.74, 6) is -2.16. The molecule has 2 saturated heterocycles. The molecule has 4 atom stereocenters. The second-order valence-electron chi connectivity index (χ2n) is 9.45. The first kappa shape index (κ1) is 25.9. The van der Waals surface area contributed by atoms with Crippen LogP contribution in [-0.4, -0.2) is 90.5 Å². The third-order valence-electron chi connectivity index (χ3n) is 7.77. The maximum Gasteiger partial charge on any atom is 0.424 e. The predicted octanol–water partition coefficient (Wildman–Crippen LogP) is 2.53. The summed E-state index contributed by atoms with van der Waals surface area (Å²) in [6.07, 6.45) is 1.44. The molecule has 11 nitrogen and oxygen atoms in total. The van der Waals surface area contributed by atoms with Gasteiger partial charge in [0.1, 0.15) is 5.54 Å². The third-order valence-corrected chi connectivity index (χ3v) is 7.77. The lowest BCUT2D eigenvalue weighted by Gasteiger charge is -2.49. The van der Waals surface area contributed by atoms with Gasteiger partial charge in [0, 0.05) is 38.7 Å². The summed E-state index contributed by atoms with van der Waals surface area (Å²) in [5.41, 5.74) is 0.147. The van der Waals surface area contributed by atoms with Crippen molar-refractivity contribution in [3.63, 3.8) is 0 Å². The zero-order chi connectivity index (χ0) is 26.4. The van der Waals surface area contributed by atoms with Crippen molar-refractivity contribution in [3.8, 4) is 0 Å². The molecule has 2 fully saturated rings. The van der Waals surface area contributed by atoms with Gasteiger partial charge in [-0.3, -0.25) is 19.5 Å². The molecule has 0 unspecified atom stereocenters. The molecular weight excluding hydrogens is 468 g/mol. The Morgan fingerprint density at radius 1 is 1.22 bits per heavy atom. The Kier molecular flexibility index (Phi) is 6.96. The Morgan fingerprint density at radius 2 is 1.92 bits per heavy atom. The highest BCUT2D eigenvalue weighted by atomic mass is 16.6. The van der Waals surface area contributed by atoms with E-state index in [1.165, 1.54) is 21.7 Å². The molecule has 0 aromatic rings. The van der Waals surface area contributed by atoms with Crippen molar-refractivity contribution in [1.82, 2.24) is 14.7 Å². The Hall–Kier alpha value is -3.21. The van der Waals surface area contributed by atoms with Crippen molar-refractivity contribution in [2.75, 3.05) is 40.4 Å². The van der Waals surface area contributed by atoms with Crippen LogP contribution in [0.1, 0.15) is 40.5 Å². The number of hydrogen-bond acceptors (Lipinski definition) is 8. The van der Waals surface area contributed by atoms with Crippen molar-refractivity contribution >= 4 is 29.9 Å². The number of nitrogens with zero attached hydrogens (tertiary/aromatic N) is 4. The lowest BCUT2D eigenvalue weighted by Crippen LogP contribution is -2.60. The first-order chi connectivity index (χ1) is 17.2. The third kappa shape index (κ3) is 3.63. The van der Waals surface area contributed by atoms with E-state index in [0.717, 1.165) is 5.57 Å². The minimum absolute atomic E-state index is 0.0879. The number of methoxy groups -OCH3 is 1. The van der Waals surface area contributed by atoms with Crippen molar-refractivity contribution < 1.29 is 33.4 Å². The van der Waals surface area contributed by atoms with E-state index in [-0.39, 0.29) is 30.1 Å². The Labute approximate surface area is 210 Å². The number of carbonyl (C=O) groups is 4. The fraction of sp³-hybridized carbons (Fsp3) is 0.640. The summed E-state index contributed by atoms with van der Waals surface area (Å²) in [5, 5.41) is 0. The van der Waals surface area contributed by atoms with E-state index in [1.807, 2.05) is 26.8 Å². The van der Waals surface area contributed by atoms with E-state index in [1.54, 1.807) is 14.0 Å². The fourth-order valence-electron chi connectivity index (χ4n) is 5.93. The second-order valence-corrected chi connectivity index (χ2v) is 9.45. The first-order valence-corrected chi connectivity index (χ1v) is 12.4. The largest absolute Gasteiger partial charge is 0.424 e. The SMILES string of the molecule is CCC1=C(OC(=O)N(CC)CC)N2C(=O)OC(=NCCOC)[C@]2(C)[C@H]2C1=CC[C@H]1C(=O)N(C)C(=O)[C@H]12. The molecule has 0 bridgehead atoms. The minimum Gasteiger partial charge on any atom is -0.393 e. The topological polar surface area (TPSA) is 118 Å². The van der Waals surface area contributed by atoms with Gasteiger partial charge in [0.2, 0.25) is 23.6 Å². The van der Waals surface area contributed by atoms with E-state index in [4.69, 9.17) is 14.2 Å². The Balaban J connectivity index is 1.93. The lowest BCUT2D eigenvalue weighted by atomic mass is 9.61. The van der Waals surface area contributed by atoms with Crippen molar-refractivity contribution in [2.45, 2.75) is 46.1 Å². The van der Waals surface area contributed by atoms with Crippen LogP contribution in [0.4, 0.5) is 9.59 Å². The Bertz CT molecular complexity index is 1080. The van der Waals surface area contributed by atoms with Gasteiger partial charge in [-0.05, 0) is 39.2 Å². The van der Waals surface area contributed by atoms with Gasteiger partial charge < -0.3 is 19.1 Å². The van der Waals surface area contributed by atoms with Gasteiger partial charge in [0.15, 0.2) is 0 Å². The number of hydrogen-bond donors (Lipinski definition) is 0. The van der Waals surface area contributed by atoms with E-state index >= 15 is 0 Å². The first-order valence-electron chi connectivity index (χ1n) is 12.4. The molecule has 3 aliphatic heterocycles. The molecular formula is C25H34N4O7. The fourth-order valence-corrected chi connectivity index (χ4v) is 5.93. The molecule has 0 saturated carbocycles. The van der Waals surface area contributed by atoms with Crippen LogP contribution in [0.15, 0.2) is 28.1 Å². The van der Waals surface area contributed by atoms with Crippen LogP contribution < -0.4 is 0 Å². The molecule has 4 amide bonds. The van der Waals surface area contributed by atoms with E-state index < -0.39 is 35.5 Å². The van der Waals surface area contributed by atoms with E-state index in [9.17, 15) is 19.2 Å². The number of rotatable bonds is 7. The predicted molar refractivity (Wildman–Crippen MR) is 129 cm³/mol. The average Bonchev–Trinajstić information content (AvgIpc) is 3.24. The number of cyclic esters (lactones) is 1. The van der Waals surface area contributed by atoms with Gasteiger partial charge in [0.05, 0.1) is 25.0 Å². The minimum atomic E-state index is -1.28. The van der Waals surface area contributed by atoms with Gasteiger partial charge in [-0.2, -0.15) is 0 Å². The molecule has 196 valence electrons. The molecule has 36 heavy (non-hydrogen) atoms. The van der Waals surface area contributed by atoms with Crippen LogP contribution >= 0.6 is 0 Å². The van der Waals surface area contributed by atoms with Crippen LogP contribution in [0.2, 0.25) is 0 Å². The highest BCUT2D eigenvalue weighted by Gasteiger charge is 2.67. The Morgan fingerprint density at radius 3 is 2.53 bits per heavy atom. The molecule has 0 aromatic heterocycles. The average molecular weight is 503 g/mol. The van der Waals surface area contributed by atoms with Gasteiger partial charge in [-0.25, -0.2) is 14.5 Å². The number of likely N-dealkylation sites (tertiary alicyclic amines) is 1. The number of aliphatic imine (C=N–C) groups is 1. The molecule has 4 aliphatic rings. The summed E-state index contributed by atoms with van der Waals surface area (Å²) in [4.78, 5) is 61.2. The molecule has 3 heterocycles. The summed E-state index contributed by atoms with van der Waals surface area (Å²) in [7, 11) is 3.03. The van der Waals surface area contributed by atoms with Crippen LogP contribution in [0.5, 0.6) is 0 Å². The molecule has 4 rings (SSSR count). The lowest BCUT2D eigenvalue weighted by molar-refractivity contribution is -0.138. The van der Waals surface area contributed by atoms with Gasteiger partial charge in [-0.1, -0.05) is 13.0 Å². The summed E-state index contributed by atoms with van der Waals surface area (Å²) < 4.78 is 16.7. The number of allylic oxidation sites excluding steroid dienone is 2. The zero-order valence-corrected chi connectivity index (χ0v) is 21.7. The van der Waals surface area contributed by atoms with Crippen molar-refractivity contribution in [3.05, 3.63) is 23.1 Å². The van der Waals surface area contributed by atoms with E-state index in [0.29, 0.717) is 38.1 Å². The zero-order valence-electron chi connectivity index (χ0n) is 21.7. The van der Waals surface area contributed by atoms with Gasteiger partial charge in [-0.15, -0.1) is 0 Å². The molecule has 0 radical (unpaired) electrons. The van der Waals surface area contributed by atoms with Gasteiger partial charge in [0.25, 0.3) is 0 Å².